The SMILES string of the molecule is C=C(/N=C\C1=C(C)c2ccccc2C(C(/C=C\C)=C(/C)P)C1)NCc1cccc2ccccc12.CC. The van der Waals surface area contributed by atoms with Crippen LogP contribution in [0.4, 0.5) is 0 Å². The van der Waals surface area contributed by atoms with Gasteiger partial charge in [0, 0.05) is 18.7 Å². The monoisotopic (exact) mass is 494 g/mol. The third-order valence-electron chi connectivity index (χ3n) is 6.56. The summed E-state index contributed by atoms with van der Waals surface area (Å²) in [6.45, 7) is 15.3. The lowest BCUT2D eigenvalue weighted by atomic mass is 9.75. The Morgan fingerprint density at radius 2 is 1.75 bits per heavy atom. The highest BCUT2D eigenvalue weighted by Gasteiger charge is 2.26. The molecule has 3 heteroatoms. The number of rotatable bonds is 7. The molecule has 0 spiro atoms. The van der Waals surface area contributed by atoms with Crippen molar-refractivity contribution >= 4 is 31.8 Å². The fourth-order valence-electron chi connectivity index (χ4n) is 4.77. The normalized spacial score (nSPS) is 16.0. The molecule has 4 rings (SSSR count). The first-order chi connectivity index (χ1) is 17.5. The molecule has 0 bridgehead atoms. The molecule has 186 valence electrons. The number of fused-ring (bicyclic) bond motifs is 2. The summed E-state index contributed by atoms with van der Waals surface area (Å²) >= 11 is 0. The maximum absolute atomic E-state index is 4.72. The van der Waals surface area contributed by atoms with Crippen LogP contribution in [-0.4, -0.2) is 6.21 Å². The lowest BCUT2D eigenvalue weighted by Crippen LogP contribution is -2.14. The Hall–Kier alpha value is -3.22. The number of hydrogen-bond acceptors (Lipinski definition) is 2. The Balaban J connectivity index is 0.00000176. The number of allylic oxidation sites excluding steroid dienone is 6. The van der Waals surface area contributed by atoms with E-state index in [2.05, 4.69) is 121 Å². The van der Waals surface area contributed by atoms with Crippen molar-refractivity contribution in [2.45, 2.75) is 53.5 Å². The summed E-state index contributed by atoms with van der Waals surface area (Å²) < 4.78 is 0. The second-order valence-electron chi connectivity index (χ2n) is 8.83. The zero-order chi connectivity index (χ0) is 26.1. The van der Waals surface area contributed by atoms with Crippen LogP contribution in [0.2, 0.25) is 0 Å². The predicted molar refractivity (Wildman–Crippen MR) is 163 cm³/mol. The van der Waals surface area contributed by atoms with Crippen LogP contribution in [0.3, 0.4) is 0 Å². The average molecular weight is 495 g/mol. The molecular formula is C33H39N2P. The largest absolute Gasteiger partial charge is 0.366 e. The molecule has 1 aliphatic rings. The molecule has 2 nitrogen and oxygen atoms in total. The summed E-state index contributed by atoms with van der Waals surface area (Å²) in [5, 5.41) is 7.18. The van der Waals surface area contributed by atoms with Gasteiger partial charge in [-0.2, -0.15) is 0 Å². The van der Waals surface area contributed by atoms with Crippen molar-refractivity contribution in [3.05, 3.63) is 124 Å². The lowest BCUT2D eigenvalue weighted by molar-refractivity contribution is 0.791. The maximum atomic E-state index is 4.72. The van der Waals surface area contributed by atoms with E-state index in [1.54, 1.807) is 0 Å². The van der Waals surface area contributed by atoms with Gasteiger partial charge in [-0.25, -0.2) is 4.99 Å². The second-order valence-corrected chi connectivity index (χ2v) is 9.70. The molecule has 0 saturated carbocycles. The van der Waals surface area contributed by atoms with Crippen molar-refractivity contribution in [3.63, 3.8) is 0 Å². The molecule has 0 fully saturated rings. The highest BCUT2D eigenvalue weighted by atomic mass is 31.0. The van der Waals surface area contributed by atoms with Gasteiger partial charge >= 0.3 is 0 Å². The predicted octanol–water partition coefficient (Wildman–Crippen LogP) is 9.18. The number of hydrogen-bond donors (Lipinski definition) is 1. The first-order valence-corrected chi connectivity index (χ1v) is 13.4. The molecule has 1 N–H and O–H groups in total. The van der Waals surface area contributed by atoms with Gasteiger partial charge in [0.1, 0.15) is 5.82 Å². The third kappa shape index (κ3) is 6.31. The van der Waals surface area contributed by atoms with Crippen LogP contribution < -0.4 is 5.32 Å². The van der Waals surface area contributed by atoms with Gasteiger partial charge in [-0.3, -0.25) is 0 Å². The van der Waals surface area contributed by atoms with Crippen molar-refractivity contribution in [3.8, 4) is 0 Å². The summed E-state index contributed by atoms with van der Waals surface area (Å²) in [5.41, 5.74) is 7.84. The Bertz CT molecular complexity index is 1330. The second kappa shape index (κ2) is 13.2. The lowest BCUT2D eigenvalue weighted by Gasteiger charge is -2.29. The van der Waals surface area contributed by atoms with Crippen LogP contribution in [-0.2, 0) is 6.54 Å². The van der Waals surface area contributed by atoms with Crippen molar-refractivity contribution in [2.24, 2.45) is 4.99 Å². The molecule has 0 amide bonds. The van der Waals surface area contributed by atoms with E-state index in [1.165, 1.54) is 49.5 Å². The molecule has 3 aromatic carbocycles. The Morgan fingerprint density at radius 1 is 1.06 bits per heavy atom. The zero-order valence-electron chi connectivity index (χ0n) is 22.3. The van der Waals surface area contributed by atoms with E-state index >= 15 is 0 Å². The number of nitrogens with zero attached hydrogens (tertiary/aromatic N) is 1. The van der Waals surface area contributed by atoms with Gasteiger partial charge in [0.05, 0.1) is 0 Å². The van der Waals surface area contributed by atoms with Crippen molar-refractivity contribution in [1.29, 1.82) is 0 Å². The van der Waals surface area contributed by atoms with Crippen LogP contribution in [0.15, 0.2) is 113 Å². The minimum absolute atomic E-state index is 0.312. The van der Waals surface area contributed by atoms with Gasteiger partial charge < -0.3 is 5.32 Å². The Kier molecular flexibility index (Phi) is 10.0. The highest BCUT2D eigenvalue weighted by molar-refractivity contribution is 7.22. The van der Waals surface area contributed by atoms with Crippen molar-refractivity contribution < 1.29 is 0 Å². The number of benzene rings is 3. The first-order valence-electron chi connectivity index (χ1n) is 12.8. The third-order valence-corrected chi connectivity index (χ3v) is 6.90. The summed E-state index contributed by atoms with van der Waals surface area (Å²) in [5.74, 6) is 0.988. The van der Waals surface area contributed by atoms with E-state index in [4.69, 9.17) is 4.99 Å². The van der Waals surface area contributed by atoms with E-state index in [-0.39, 0.29) is 0 Å². The summed E-state index contributed by atoms with van der Waals surface area (Å²) in [6, 6.07) is 23.6. The fraction of sp³-hybridized carbons (Fsp3) is 0.242. The average Bonchev–Trinajstić information content (AvgIpc) is 2.91. The van der Waals surface area contributed by atoms with E-state index in [0.29, 0.717) is 18.3 Å². The molecule has 2 unspecified atom stereocenters. The smallest absolute Gasteiger partial charge is 0.118 e. The van der Waals surface area contributed by atoms with Gasteiger partial charge in [0.15, 0.2) is 0 Å². The van der Waals surface area contributed by atoms with Crippen LogP contribution in [0.1, 0.15) is 63.6 Å². The van der Waals surface area contributed by atoms with Crippen LogP contribution in [0, 0.1) is 0 Å². The summed E-state index contributed by atoms with van der Waals surface area (Å²) in [6.07, 6.45) is 7.30. The van der Waals surface area contributed by atoms with Gasteiger partial charge in [0.2, 0.25) is 0 Å². The maximum Gasteiger partial charge on any atom is 0.118 e. The van der Waals surface area contributed by atoms with Gasteiger partial charge in [-0.15, -0.1) is 9.24 Å². The summed E-state index contributed by atoms with van der Waals surface area (Å²) in [7, 11) is 2.89. The molecule has 1 aliphatic carbocycles. The number of nitrogens with one attached hydrogen (secondary N) is 1. The van der Waals surface area contributed by atoms with Crippen molar-refractivity contribution in [1.82, 2.24) is 5.32 Å². The minimum atomic E-state index is 0.312. The Morgan fingerprint density at radius 3 is 2.50 bits per heavy atom. The van der Waals surface area contributed by atoms with Gasteiger partial charge in [-0.05, 0) is 71.4 Å². The van der Waals surface area contributed by atoms with E-state index < -0.39 is 0 Å². The van der Waals surface area contributed by atoms with Crippen LogP contribution >= 0.6 is 9.24 Å². The highest BCUT2D eigenvalue weighted by Crippen LogP contribution is 2.43. The van der Waals surface area contributed by atoms with E-state index in [1.807, 2.05) is 20.1 Å². The van der Waals surface area contributed by atoms with E-state index in [0.717, 1.165) is 6.42 Å². The number of aliphatic imine (C=N–C) groups is 1. The molecule has 0 heterocycles. The molecule has 36 heavy (non-hydrogen) atoms. The molecule has 3 aromatic rings. The molecule has 0 radical (unpaired) electrons. The zero-order valence-corrected chi connectivity index (χ0v) is 23.5. The van der Waals surface area contributed by atoms with Gasteiger partial charge in [0.25, 0.3) is 0 Å². The van der Waals surface area contributed by atoms with Crippen LogP contribution in [0.5, 0.6) is 0 Å². The van der Waals surface area contributed by atoms with Crippen LogP contribution in [0.25, 0.3) is 16.3 Å². The standard InChI is InChI=1S/C31H33N2P.C2H6/c1-5-11-28(22(3)34)31-18-26(21(2)27-15-8-9-17-30(27)31)20-33-23(4)32-19-25-14-10-13-24-12-6-7-16-29(24)25;1-2/h5-17,20,31-32H,4,18-19,34H2,1-3H3;1-2H3/b11-5-,28-22-,33-20-;. The molecule has 0 aromatic heterocycles. The fourth-order valence-corrected chi connectivity index (χ4v) is 5.07. The minimum Gasteiger partial charge on any atom is -0.366 e. The van der Waals surface area contributed by atoms with Gasteiger partial charge in [-0.1, -0.05) is 105 Å². The topological polar surface area (TPSA) is 24.4 Å². The van der Waals surface area contributed by atoms with E-state index in [9.17, 15) is 0 Å². The molecular weight excluding hydrogens is 455 g/mol. The molecule has 2 atom stereocenters. The molecule has 0 aliphatic heterocycles. The summed E-state index contributed by atoms with van der Waals surface area (Å²) in [4.78, 5) is 4.72. The Labute approximate surface area is 219 Å². The molecule has 0 saturated heterocycles. The quantitative estimate of drug-likeness (QED) is 0.198. The van der Waals surface area contributed by atoms with Crippen molar-refractivity contribution in [2.75, 3.05) is 0 Å². The first kappa shape index (κ1) is 27.4.